The molecule has 0 radical (unpaired) electrons. The average Bonchev–Trinajstić information content (AvgIpc) is 2.15. The number of alkyl halides is 2. The molecular formula is C10H9F2NO4. The summed E-state index contributed by atoms with van der Waals surface area (Å²) >= 11 is 0. The molecule has 17 heavy (non-hydrogen) atoms. The fourth-order valence-corrected chi connectivity index (χ4v) is 1.44. The predicted octanol–water partition coefficient (Wildman–Crippen LogP) is 2.17. The zero-order valence-corrected chi connectivity index (χ0v) is 8.81. The van der Waals surface area contributed by atoms with Gasteiger partial charge in [-0.25, -0.2) is 4.79 Å². The first-order valence-corrected chi connectivity index (χ1v) is 4.60. The molecule has 0 amide bonds. The third kappa shape index (κ3) is 2.74. The Labute approximate surface area is 94.8 Å². The van der Waals surface area contributed by atoms with Gasteiger partial charge in [0, 0.05) is 11.1 Å². The Hall–Kier alpha value is -2.05. The van der Waals surface area contributed by atoms with Crippen molar-refractivity contribution in [3.8, 4) is 0 Å². The largest absolute Gasteiger partial charge is 0.477 e. The summed E-state index contributed by atoms with van der Waals surface area (Å²) in [7, 11) is 0. The van der Waals surface area contributed by atoms with Crippen molar-refractivity contribution < 1.29 is 23.6 Å². The lowest BCUT2D eigenvalue weighted by atomic mass is 10.0. The molecule has 0 saturated heterocycles. The van der Waals surface area contributed by atoms with Crippen molar-refractivity contribution in [2.75, 3.05) is 0 Å². The molecular weight excluding hydrogens is 236 g/mol. The van der Waals surface area contributed by atoms with E-state index in [0.717, 1.165) is 6.07 Å². The highest BCUT2D eigenvalue weighted by Gasteiger charge is 2.40. The van der Waals surface area contributed by atoms with Crippen LogP contribution in [0.25, 0.3) is 0 Å². The van der Waals surface area contributed by atoms with Crippen LogP contribution in [0.15, 0.2) is 18.2 Å². The number of benzene rings is 1. The lowest BCUT2D eigenvalue weighted by Gasteiger charge is -2.11. The molecule has 0 unspecified atom stereocenters. The third-order valence-corrected chi connectivity index (χ3v) is 2.23. The average molecular weight is 245 g/mol. The molecule has 0 bridgehead atoms. The first kappa shape index (κ1) is 13.0. The van der Waals surface area contributed by atoms with Crippen LogP contribution in [0.4, 0.5) is 14.5 Å². The van der Waals surface area contributed by atoms with Crippen molar-refractivity contribution in [1.82, 2.24) is 0 Å². The summed E-state index contributed by atoms with van der Waals surface area (Å²) < 4.78 is 26.0. The van der Waals surface area contributed by atoms with E-state index in [0.29, 0.717) is 0 Å². The molecule has 0 aliphatic rings. The first-order valence-electron chi connectivity index (χ1n) is 4.60. The van der Waals surface area contributed by atoms with Crippen molar-refractivity contribution in [3.63, 3.8) is 0 Å². The highest BCUT2D eigenvalue weighted by atomic mass is 19.3. The first-order chi connectivity index (χ1) is 7.75. The Bertz CT molecular complexity index is 473. The number of rotatable bonds is 4. The van der Waals surface area contributed by atoms with Gasteiger partial charge in [0.05, 0.1) is 11.3 Å². The fraction of sp³-hybridized carbons (Fsp3) is 0.300. The fourth-order valence-electron chi connectivity index (χ4n) is 1.44. The van der Waals surface area contributed by atoms with E-state index in [1.807, 2.05) is 0 Å². The summed E-state index contributed by atoms with van der Waals surface area (Å²) in [5.41, 5.74) is -0.537. The summed E-state index contributed by atoms with van der Waals surface area (Å²) in [6.07, 6.45) is -1.19. The van der Waals surface area contributed by atoms with Gasteiger partial charge < -0.3 is 5.11 Å². The van der Waals surface area contributed by atoms with Gasteiger partial charge in [-0.15, -0.1) is 0 Å². The molecule has 5 nitrogen and oxygen atoms in total. The number of carboxylic acids is 1. The number of hydrogen-bond donors (Lipinski definition) is 1. The van der Waals surface area contributed by atoms with Crippen LogP contribution in [0.5, 0.6) is 0 Å². The van der Waals surface area contributed by atoms with Crippen LogP contribution in [0, 0.1) is 17.0 Å². The smallest absolute Gasteiger partial charge is 0.374 e. The molecule has 1 rings (SSSR count). The molecule has 0 aliphatic carbocycles. The summed E-state index contributed by atoms with van der Waals surface area (Å²) in [5, 5.41) is 19.0. The second kappa shape index (κ2) is 4.44. The Morgan fingerprint density at radius 3 is 2.59 bits per heavy atom. The number of aryl methyl sites for hydroxylation is 1. The summed E-state index contributed by atoms with van der Waals surface area (Å²) in [5.74, 6) is -6.31. The minimum Gasteiger partial charge on any atom is -0.477 e. The van der Waals surface area contributed by atoms with Gasteiger partial charge >= 0.3 is 11.9 Å². The maximum Gasteiger partial charge on any atom is 0.374 e. The van der Waals surface area contributed by atoms with Gasteiger partial charge in [0.15, 0.2) is 0 Å². The molecule has 1 aromatic carbocycles. The normalized spacial score (nSPS) is 11.2. The van der Waals surface area contributed by atoms with Crippen LogP contribution in [-0.2, 0) is 11.2 Å². The molecule has 0 aliphatic heterocycles. The van der Waals surface area contributed by atoms with Gasteiger partial charge in [0.2, 0.25) is 0 Å². The number of carboxylic acid groups (broad SMARTS) is 1. The summed E-state index contributed by atoms with van der Waals surface area (Å²) in [6.45, 7) is 1.40. The number of nitrogens with zero attached hydrogens (tertiary/aromatic N) is 1. The van der Waals surface area contributed by atoms with Gasteiger partial charge in [-0.1, -0.05) is 18.2 Å². The number of aliphatic carboxylic acids is 1. The van der Waals surface area contributed by atoms with Crippen LogP contribution < -0.4 is 0 Å². The summed E-state index contributed by atoms with van der Waals surface area (Å²) in [6, 6.07) is 3.90. The molecule has 92 valence electrons. The van der Waals surface area contributed by atoms with Crippen molar-refractivity contribution in [1.29, 1.82) is 0 Å². The second-order valence-electron chi connectivity index (χ2n) is 3.53. The Morgan fingerprint density at radius 2 is 2.12 bits per heavy atom. The molecule has 0 aromatic heterocycles. The molecule has 7 heteroatoms. The van der Waals surface area contributed by atoms with E-state index < -0.39 is 28.9 Å². The minimum absolute atomic E-state index is 0.216. The van der Waals surface area contributed by atoms with E-state index in [1.54, 1.807) is 0 Å². The standard InChI is InChI=1S/C10H9F2NO4/c1-6-3-2-4-7(8(6)13(16)17)5-10(11,12)9(14)15/h2-4H,5H2,1H3,(H,14,15). The zero-order chi connectivity index (χ0) is 13.2. The van der Waals surface area contributed by atoms with Crippen LogP contribution in [-0.4, -0.2) is 21.9 Å². The molecule has 0 fully saturated rings. The number of carbonyl (C=O) groups is 1. The number of halogens is 2. The van der Waals surface area contributed by atoms with Crippen LogP contribution in [0.1, 0.15) is 11.1 Å². The monoisotopic (exact) mass is 245 g/mol. The van der Waals surface area contributed by atoms with Crippen LogP contribution >= 0.6 is 0 Å². The number of hydrogen-bond acceptors (Lipinski definition) is 3. The van der Waals surface area contributed by atoms with Gasteiger partial charge in [-0.2, -0.15) is 8.78 Å². The van der Waals surface area contributed by atoms with Crippen LogP contribution in [0.3, 0.4) is 0 Å². The van der Waals surface area contributed by atoms with Crippen LogP contribution in [0.2, 0.25) is 0 Å². The van der Waals surface area contributed by atoms with E-state index in [1.165, 1.54) is 19.1 Å². The Balaban J connectivity index is 3.20. The van der Waals surface area contributed by atoms with E-state index in [4.69, 9.17) is 5.11 Å². The van der Waals surface area contributed by atoms with Crippen molar-refractivity contribution >= 4 is 11.7 Å². The highest BCUT2D eigenvalue weighted by Crippen LogP contribution is 2.29. The predicted molar refractivity (Wildman–Crippen MR) is 54.1 cm³/mol. The minimum atomic E-state index is -4.02. The number of nitro benzene ring substituents is 1. The summed E-state index contributed by atoms with van der Waals surface area (Å²) in [4.78, 5) is 20.2. The lowest BCUT2D eigenvalue weighted by Crippen LogP contribution is -2.31. The SMILES string of the molecule is Cc1cccc(CC(F)(F)C(=O)O)c1[N+](=O)[O-]. The highest BCUT2D eigenvalue weighted by molar-refractivity contribution is 5.76. The molecule has 0 spiro atoms. The topological polar surface area (TPSA) is 80.4 Å². The molecule has 0 heterocycles. The third-order valence-electron chi connectivity index (χ3n) is 2.23. The van der Waals surface area contributed by atoms with Gasteiger partial charge in [-0.05, 0) is 6.92 Å². The van der Waals surface area contributed by atoms with E-state index in [9.17, 15) is 23.7 Å². The van der Waals surface area contributed by atoms with Crippen molar-refractivity contribution in [2.45, 2.75) is 19.3 Å². The van der Waals surface area contributed by atoms with Crippen molar-refractivity contribution in [3.05, 3.63) is 39.4 Å². The number of nitro groups is 1. The number of para-hydroxylation sites is 1. The maximum absolute atomic E-state index is 13.0. The van der Waals surface area contributed by atoms with Gasteiger partial charge in [0.25, 0.3) is 5.69 Å². The maximum atomic E-state index is 13.0. The Morgan fingerprint density at radius 1 is 1.53 bits per heavy atom. The molecule has 1 aromatic rings. The van der Waals surface area contributed by atoms with E-state index in [2.05, 4.69) is 0 Å². The molecule has 1 N–H and O–H groups in total. The van der Waals surface area contributed by atoms with Gasteiger partial charge in [0.1, 0.15) is 0 Å². The van der Waals surface area contributed by atoms with E-state index in [-0.39, 0.29) is 11.1 Å². The van der Waals surface area contributed by atoms with E-state index >= 15 is 0 Å². The van der Waals surface area contributed by atoms with Crippen molar-refractivity contribution in [2.24, 2.45) is 0 Å². The zero-order valence-electron chi connectivity index (χ0n) is 8.81. The lowest BCUT2D eigenvalue weighted by molar-refractivity contribution is -0.386. The quantitative estimate of drug-likeness (QED) is 0.651. The Kier molecular flexibility index (Phi) is 3.40. The molecule has 0 saturated carbocycles. The molecule has 0 atom stereocenters. The second-order valence-corrected chi connectivity index (χ2v) is 3.53. The van der Waals surface area contributed by atoms with Gasteiger partial charge in [-0.3, -0.25) is 10.1 Å².